The molecular weight excluding hydrogens is 595 g/mol. The number of nitrogens with zero attached hydrogens (tertiary/aromatic N) is 2. The van der Waals surface area contributed by atoms with Crippen molar-refractivity contribution in [3.8, 4) is 5.75 Å². The second-order valence-corrected chi connectivity index (χ2v) is 12.0. The molecule has 8 nitrogen and oxygen atoms in total. The van der Waals surface area contributed by atoms with E-state index in [1.54, 1.807) is 44.2 Å². The summed E-state index contributed by atoms with van der Waals surface area (Å²) in [5, 5.41) is 2.10. The zero-order valence-electron chi connectivity index (χ0n) is 23.4. The minimum Gasteiger partial charge on any atom is -0.497 e. The average molecular weight is 626 g/mol. The third-order valence-electron chi connectivity index (χ3n) is 6.24. The van der Waals surface area contributed by atoms with Crippen LogP contribution in [0.3, 0.4) is 0 Å². The van der Waals surface area contributed by atoms with Gasteiger partial charge in [-0.15, -0.1) is 0 Å². The summed E-state index contributed by atoms with van der Waals surface area (Å²) < 4.78 is 74.5. The Kier molecular flexibility index (Phi) is 10.5. The fourth-order valence-electron chi connectivity index (χ4n) is 4.09. The quantitative estimate of drug-likeness (QED) is 0.303. The number of methoxy groups -OCH3 is 1. The summed E-state index contributed by atoms with van der Waals surface area (Å²) in [6.07, 6.45) is -4.89. The molecule has 1 atom stereocenters. The van der Waals surface area contributed by atoms with Crippen LogP contribution in [-0.2, 0) is 32.3 Å². The zero-order chi connectivity index (χ0) is 31.2. The first-order chi connectivity index (χ1) is 19.6. The van der Waals surface area contributed by atoms with Crippen LogP contribution in [0.5, 0.6) is 5.75 Å². The van der Waals surface area contributed by atoms with Crippen molar-refractivity contribution in [1.82, 2.24) is 10.2 Å². The van der Waals surface area contributed by atoms with Crippen LogP contribution in [-0.4, -0.2) is 50.9 Å². The first-order valence-corrected chi connectivity index (χ1v) is 14.6. The van der Waals surface area contributed by atoms with E-state index in [1.165, 1.54) is 43.2 Å². The lowest BCUT2D eigenvalue weighted by Gasteiger charge is -2.32. The highest BCUT2D eigenvalue weighted by Gasteiger charge is 2.37. The van der Waals surface area contributed by atoms with Gasteiger partial charge < -0.3 is 15.0 Å². The van der Waals surface area contributed by atoms with Crippen LogP contribution < -0.4 is 14.4 Å². The fraction of sp³-hybridized carbons (Fsp3) is 0.310. The lowest BCUT2D eigenvalue weighted by atomic mass is 10.1. The first kappa shape index (κ1) is 32.7. The highest BCUT2D eigenvalue weighted by molar-refractivity contribution is 7.92. The first-order valence-electron chi connectivity index (χ1n) is 12.8. The summed E-state index contributed by atoms with van der Waals surface area (Å²) in [5.41, 5.74) is -1.11. The predicted octanol–water partition coefficient (Wildman–Crippen LogP) is 5.50. The highest BCUT2D eigenvalue weighted by Crippen LogP contribution is 2.38. The van der Waals surface area contributed by atoms with Gasteiger partial charge in [0.05, 0.1) is 28.3 Å². The number of hydrogen-bond donors (Lipinski definition) is 1. The van der Waals surface area contributed by atoms with E-state index in [0.717, 1.165) is 12.1 Å². The molecule has 226 valence electrons. The van der Waals surface area contributed by atoms with E-state index in [9.17, 15) is 31.2 Å². The number of alkyl halides is 3. The summed E-state index contributed by atoms with van der Waals surface area (Å²) in [5.74, 6) is -0.829. The van der Waals surface area contributed by atoms with E-state index >= 15 is 0 Å². The zero-order valence-corrected chi connectivity index (χ0v) is 24.9. The Balaban J connectivity index is 2.12. The molecule has 0 spiro atoms. The third kappa shape index (κ3) is 7.95. The minimum atomic E-state index is -4.89. The molecule has 1 N–H and O–H groups in total. The van der Waals surface area contributed by atoms with Crippen LogP contribution in [0.15, 0.2) is 77.7 Å². The van der Waals surface area contributed by atoms with Gasteiger partial charge in [-0.25, -0.2) is 8.42 Å². The third-order valence-corrected chi connectivity index (χ3v) is 8.36. The van der Waals surface area contributed by atoms with E-state index in [1.807, 2.05) is 0 Å². The molecule has 0 aromatic heterocycles. The molecule has 3 aromatic rings. The number of anilines is 1. The number of amides is 2. The van der Waals surface area contributed by atoms with E-state index < -0.39 is 56.9 Å². The number of rotatable bonds is 11. The molecule has 0 aliphatic carbocycles. The second-order valence-electron chi connectivity index (χ2n) is 9.70. The number of nitrogens with one attached hydrogen (secondary N) is 1. The summed E-state index contributed by atoms with van der Waals surface area (Å²) >= 11 is 5.79. The van der Waals surface area contributed by atoms with Gasteiger partial charge in [-0.1, -0.05) is 41.9 Å². The van der Waals surface area contributed by atoms with Crippen molar-refractivity contribution in [2.24, 2.45) is 0 Å². The molecular formula is C29H31ClF3N3O5S. The number of ether oxygens (including phenoxy) is 1. The van der Waals surface area contributed by atoms with Crippen molar-refractivity contribution < 1.29 is 35.9 Å². The van der Waals surface area contributed by atoms with E-state index in [0.29, 0.717) is 21.7 Å². The van der Waals surface area contributed by atoms with Crippen LogP contribution in [0.2, 0.25) is 5.02 Å². The minimum absolute atomic E-state index is 0.115. The summed E-state index contributed by atoms with van der Waals surface area (Å²) in [6.45, 7) is 3.95. The molecule has 3 rings (SSSR count). The molecule has 2 amide bonds. The van der Waals surface area contributed by atoms with E-state index in [-0.39, 0.29) is 17.5 Å². The van der Waals surface area contributed by atoms with Crippen molar-refractivity contribution in [3.05, 3.63) is 88.9 Å². The maximum Gasteiger partial charge on any atom is 0.417 e. The predicted molar refractivity (Wildman–Crippen MR) is 154 cm³/mol. The number of carbonyl (C=O) groups excluding carboxylic acids is 2. The average Bonchev–Trinajstić information content (AvgIpc) is 2.94. The number of carbonyl (C=O) groups is 2. The lowest BCUT2D eigenvalue weighted by Crippen LogP contribution is -2.52. The maximum absolute atomic E-state index is 13.9. The Labute approximate surface area is 248 Å². The van der Waals surface area contributed by atoms with Gasteiger partial charge in [0.15, 0.2) is 0 Å². The van der Waals surface area contributed by atoms with Crippen molar-refractivity contribution in [3.63, 3.8) is 0 Å². The molecule has 0 heterocycles. The molecule has 0 fully saturated rings. The van der Waals surface area contributed by atoms with Gasteiger partial charge in [0.1, 0.15) is 18.3 Å². The van der Waals surface area contributed by atoms with Gasteiger partial charge in [-0.05, 0) is 68.8 Å². The lowest BCUT2D eigenvalue weighted by molar-refractivity contribution is -0.139. The molecule has 1 unspecified atom stereocenters. The van der Waals surface area contributed by atoms with Crippen LogP contribution >= 0.6 is 11.6 Å². The Morgan fingerprint density at radius 1 is 0.976 bits per heavy atom. The molecule has 0 radical (unpaired) electrons. The van der Waals surface area contributed by atoms with E-state index in [2.05, 4.69) is 5.32 Å². The largest absolute Gasteiger partial charge is 0.497 e. The van der Waals surface area contributed by atoms with Crippen LogP contribution in [0, 0.1) is 0 Å². The normalized spacial score (nSPS) is 12.5. The molecule has 13 heteroatoms. The Hall–Kier alpha value is -3.77. The van der Waals surface area contributed by atoms with Crippen LogP contribution in [0.4, 0.5) is 18.9 Å². The monoisotopic (exact) mass is 625 g/mol. The molecule has 0 saturated carbocycles. The van der Waals surface area contributed by atoms with Crippen molar-refractivity contribution in [1.29, 1.82) is 0 Å². The molecule has 42 heavy (non-hydrogen) atoms. The van der Waals surface area contributed by atoms with Gasteiger partial charge in [-0.2, -0.15) is 13.2 Å². The molecule has 0 aliphatic rings. The van der Waals surface area contributed by atoms with Crippen LogP contribution in [0.1, 0.15) is 31.9 Å². The highest BCUT2D eigenvalue weighted by atomic mass is 35.5. The topological polar surface area (TPSA) is 96.0 Å². The number of hydrogen-bond acceptors (Lipinski definition) is 5. The van der Waals surface area contributed by atoms with Crippen LogP contribution in [0.25, 0.3) is 0 Å². The van der Waals surface area contributed by atoms with Gasteiger partial charge in [-0.3, -0.25) is 13.9 Å². The second kappa shape index (κ2) is 13.5. The maximum atomic E-state index is 13.9. The van der Waals surface area contributed by atoms with Gasteiger partial charge >= 0.3 is 6.18 Å². The molecule has 3 aromatic carbocycles. The smallest absolute Gasteiger partial charge is 0.417 e. The molecule has 0 bridgehead atoms. The fourth-order valence-corrected chi connectivity index (χ4v) is 5.74. The Morgan fingerprint density at radius 2 is 1.64 bits per heavy atom. The van der Waals surface area contributed by atoms with Gasteiger partial charge in [0.2, 0.25) is 11.8 Å². The summed E-state index contributed by atoms with van der Waals surface area (Å²) in [6, 6.07) is 15.0. The molecule has 0 saturated heterocycles. The standard InChI is InChI=1S/C29H31ClF3N3O5S/c1-19(2)34-28(38)20(3)35(17-21-9-8-10-23(15-21)41-4)27(37)18-36(42(39,40)24-11-6-5-7-12-24)22-13-14-26(30)25(16-22)29(31,32)33/h5-16,19-20H,17-18H2,1-4H3,(H,34,38). The van der Waals surface area contributed by atoms with Gasteiger partial charge in [0, 0.05) is 12.6 Å². The van der Waals surface area contributed by atoms with Crippen molar-refractivity contribution in [2.75, 3.05) is 18.0 Å². The Bertz CT molecular complexity index is 1520. The van der Waals surface area contributed by atoms with E-state index in [4.69, 9.17) is 16.3 Å². The number of sulfonamides is 1. The summed E-state index contributed by atoms with van der Waals surface area (Å²) in [4.78, 5) is 27.8. The summed E-state index contributed by atoms with van der Waals surface area (Å²) in [7, 11) is -3.08. The Morgan fingerprint density at radius 3 is 2.24 bits per heavy atom. The molecule has 0 aliphatic heterocycles. The number of benzene rings is 3. The number of halogens is 4. The SMILES string of the molecule is COc1cccc(CN(C(=O)CN(c2ccc(Cl)c(C(F)(F)F)c2)S(=O)(=O)c2ccccc2)C(C)C(=O)NC(C)C)c1. The van der Waals surface area contributed by atoms with Gasteiger partial charge in [0.25, 0.3) is 10.0 Å². The van der Waals surface area contributed by atoms with Crippen molar-refractivity contribution >= 4 is 39.1 Å². The van der Waals surface area contributed by atoms with Crippen molar-refractivity contribution in [2.45, 2.75) is 50.5 Å².